The first-order valence-corrected chi connectivity index (χ1v) is 7.45. The number of guanidine groups is 1. The molecular formula is C14H28N4O. The van der Waals surface area contributed by atoms with Crippen molar-refractivity contribution in [1.29, 1.82) is 0 Å². The van der Waals surface area contributed by atoms with Crippen molar-refractivity contribution >= 4 is 5.96 Å². The summed E-state index contributed by atoms with van der Waals surface area (Å²) >= 11 is 0. The van der Waals surface area contributed by atoms with E-state index in [1.54, 1.807) is 7.11 Å². The molecule has 5 nitrogen and oxygen atoms in total. The van der Waals surface area contributed by atoms with E-state index in [-0.39, 0.29) is 0 Å². The van der Waals surface area contributed by atoms with Crippen LogP contribution in [0, 0.1) is 17.8 Å². The molecule has 2 fully saturated rings. The zero-order valence-corrected chi connectivity index (χ0v) is 12.3. The van der Waals surface area contributed by atoms with Crippen LogP contribution in [0.4, 0.5) is 0 Å². The maximum Gasteiger partial charge on any atom is 0.208 e. The second-order valence-corrected chi connectivity index (χ2v) is 6.01. The van der Waals surface area contributed by atoms with Crippen molar-refractivity contribution in [2.24, 2.45) is 28.6 Å². The van der Waals surface area contributed by atoms with E-state index in [2.05, 4.69) is 22.4 Å². The van der Waals surface area contributed by atoms with Crippen LogP contribution in [-0.4, -0.2) is 44.7 Å². The van der Waals surface area contributed by atoms with Gasteiger partial charge in [0.05, 0.1) is 0 Å². The second-order valence-electron chi connectivity index (χ2n) is 6.01. The van der Waals surface area contributed by atoms with Gasteiger partial charge >= 0.3 is 0 Å². The lowest BCUT2D eigenvalue weighted by Crippen LogP contribution is -2.45. The normalized spacial score (nSPS) is 29.8. The number of hydrogen-bond donors (Lipinski definition) is 2. The van der Waals surface area contributed by atoms with Crippen molar-refractivity contribution in [1.82, 2.24) is 10.3 Å². The number of aliphatic imine (C=N–C) groups is 1. The van der Waals surface area contributed by atoms with E-state index in [1.807, 2.05) is 0 Å². The average molecular weight is 268 g/mol. The Morgan fingerprint density at radius 1 is 1.42 bits per heavy atom. The summed E-state index contributed by atoms with van der Waals surface area (Å²) < 4.78 is 5.02. The Labute approximate surface area is 116 Å². The summed E-state index contributed by atoms with van der Waals surface area (Å²) in [4.78, 5) is 6.69. The summed E-state index contributed by atoms with van der Waals surface area (Å²) in [6.45, 7) is 2.58. The Hall–Kier alpha value is -0.810. The number of nitrogens with zero attached hydrogens (tertiary/aromatic N) is 2. The molecule has 3 N–H and O–H groups in total. The first-order valence-electron chi connectivity index (χ1n) is 7.45. The fourth-order valence-electron chi connectivity index (χ4n) is 3.71. The van der Waals surface area contributed by atoms with E-state index >= 15 is 0 Å². The Balaban J connectivity index is 1.78. The largest absolute Gasteiger partial charge is 0.385 e. The number of hydrazine groups is 1. The van der Waals surface area contributed by atoms with Crippen LogP contribution < -0.4 is 11.3 Å². The fourth-order valence-corrected chi connectivity index (χ4v) is 3.71. The van der Waals surface area contributed by atoms with E-state index in [9.17, 15) is 0 Å². The van der Waals surface area contributed by atoms with Gasteiger partial charge in [-0.15, -0.1) is 0 Å². The third-order valence-corrected chi connectivity index (χ3v) is 4.65. The molecule has 110 valence electrons. The van der Waals surface area contributed by atoms with E-state index in [1.165, 1.54) is 25.7 Å². The summed E-state index contributed by atoms with van der Waals surface area (Å²) in [7, 11) is 3.80. The molecule has 3 atom stereocenters. The maximum absolute atomic E-state index is 5.58. The molecule has 5 heteroatoms. The highest BCUT2D eigenvalue weighted by Gasteiger charge is 2.39. The van der Waals surface area contributed by atoms with Crippen LogP contribution in [0.1, 0.15) is 32.1 Å². The highest BCUT2D eigenvalue weighted by molar-refractivity contribution is 5.79. The lowest BCUT2D eigenvalue weighted by Gasteiger charge is -2.28. The van der Waals surface area contributed by atoms with E-state index in [4.69, 9.17) is 10.6 Å². The number of nitrogens with two attached hydrogens (primary N) is 1. The average Bonchev–Trinajstić information content (AvgIpc) is 3.01. The lowest BCUT2D eigenvalue weighted by atomic mass is 9.88. The minimum Gasteiger partial charge on any atom is -0.385 e. The number of fused-ring (bicyclic) bond motifs is 2. The Morgan fingerprint density at radius 3 is 2.84 bits per heavy atom. The van der Waals surface area contributed by atoms with Crippen molar-refractivity contribution in [3.8, 4) is 0 Å². The zero-order chi connectivity index (χ0) is 13.7. The van der Waals surface area contributed by atoms with Gasteiger partial charge in [-0.25, -0.2) is 5.84 Å². The first kappa shape index (κ1) is 14.6. The molecule has 0 aromatic rings. The highest BCUT2D eigenvalue weighted by Crippen LogP contribution is 2.48. The van der Waals surface area contributed by atoms with Gasteiger partial charge in [-0.05, 0) is 43.4 Å². The Kier molecular flexibility index (Phi) is 5.45. The molecule has 2 aliphatic rings. The molecule has 0 radical (unpaired) electrons. The molecule has 19 heavy (non-hydrogen) atoms. The predicted octanol–water partition coefficient (Wildman–Crippen LogP) is 1.21. The van der Waals surface area contributed by atoms with E-state index in [0.29, 0.717) is 0 Å². The van der Waals surface area contributed by atoms with Gasteiger partial charge in [0.1, 0.15) is 0 Å². The molecule has 0 saturated heterocycles. The maximum atomic E-state index is 5.58. The molecule has 2 aliphatic carbocycles. The molecular weight excluding hydrogens is 240 g/mol. The van der Waals surface area contributed by atoms with Crippen LogP contribution >= 0.6 is 0 Å². The van der Waals surface area contributed by atoms with Gasteiger partial charge in [-0.2, -0.15) is 0 Å². The third kappa shape index (κ3) is 3.83. The molecule has 0 aliphatic heterocycles. The van der Waals surface area contributed by atoms with Crippen LogP contribution in [0.25, 0.3) is 0 Å². The highest BCUT2D eigenvalue weighted by atomic mass is 16.5. The van der Waals surface area contributed by atoms with Gasteiger partial charge in [0.15, 0.2) is 0 Å². The molecule has 0 amide bonds. The smallest absolute Gasteiger partial charge is 0.208 e. The molecule has 2 bridgehead atoms. The van der Waals surface area contributed by atoms with Gasteiger partial charge < -0.3 is 9.64 Å². The summed E-state index contributed by atoms with van der Waals surface area (Å²) in [6, 6.07) is 0. The quantitative estimate of drug-likeness (QED) is 0.250. The Bertz CT molecular complexity index is 308. The van der Waals surface area contributed by atoms with Gasteiger partial charge in [0.25, 0.3) is 0 Å². The second kappa shape index (κ2) is 7.10. The van der Waals surface area contributed by atoms with E-state index < -0.39 is 0 Å². The molecule has 3 unspecified atom stereocenters. The topological polar surface area (TPSA) is 62.9 Å². The van der Waals surface area contributed by atoms with Gasteiger partial charge in [-0.3, -0.25) is 10.4 Å². The number of rotatable bonds is 6. The third-order valence-electron chi connectivity index (χ3n) is 4.65. The van der Waals surface area contributed by atoms with Crippen molar-refractivity contribution in [3.05, 3.63) is 0 Å². The summed E-state index contributed by atoms with van der Waals surface area (Å²) in [5.74, 6) is 9.16. The minimum absolute atomic E-state index is 0.747. The van der Waals surface area contributed by atoms with Crippen molar-refractivity contribution < 1.29 is 4.74 Å². The standard InChI is InChI=1S/C14H28N4O/c1-18(14(17-15)16-6-3-7-19-2)10-13-9-11-4-5-12(13)8-11/h11-13H,3-10,15H2,1-2H3,(H,16,17). The number of hydrogen-bond acceptors (Lipinski definition) is 3. The zero-order valence-electron chi connectivity index (χ0n) is 12.3. The van der Waals surface area contributed by atoms with Crippen molar-refractivity contribution in [3.63, 3.8) is 0 Å². The summed E-state index contributed by atoms with van der Waals surface area (Å²) in [5, 5.41) is 0. The van der Waals surface area contributed by atoms with E-state index in [0.717, 1.165) is 49.8 Å². The van der Waals surface area contributed by atoms with Crippen LogP contribution in [-0.2, 0) is 4.74 Å². The Morgan fingerprint density at radius 2 is 2.26 bits per heavy atom. The molecule has 0 aromatic carbocycles. The van der Waals surface area contributed by atoms with Gasteiger partial charge in [0, 0.05) is 33.9 Å². The minimum atomic E-state index is 0.747. The predicted molar refractivity (Wildman–Crippen MR) is 77.7 cm³/mol. The SMILES string of the molecule is COCCCN=C(NN)N(C)CC1CC2CCC1C2. The fraction of sp³-hybridized carbons (Fsp3) is 0.929. The summed E-state index contributed by atoms with van der Waals surface area (Å²) in [6.07, 6.45) is 6.67. The van der Waals surface area contributed by atoms with Crippen molar-refractivity contribution in [2.75, 3.05) is 33.9 Å². The lowest BCUT2D eigenvalue weighted by molar-refractivity contribution is 0.196. The molecule has 0 aromatic heterocycles. The number of nitrogens with one attached hydrogen (secondary N) is 1. The molecule has 2 saturated carbocycles. The molecule has 0 heterocycles. The molecule has 2 rings (SSSR count). The van der Waals surface area contributed by atoms with Crippen LogP contribution in [0.3, 0.4) is 0 Å². The van der Waals surface area contributed by atoms with Crippen LogP contribution in [0.15, 0.2) is 4.99 Å². The first-order chi connectivity index (χ1) is 9.24. The van der Waals surface area contributed by atoms with Crippen LogP contribution in [0.2, 0.25) is 0 Å². The summed E-state index contributed by atoms with van der Waals surface area (Å²) in [5.41, 5.74) is 2.73. The van der Waals surface area contributed by atoms with Gasteiger partial charge in [-0.1, -0.05) is 6.42 Å². The molecule has 0 spiro atoms. The van der Waals surface area contributed by atoms with Crippen molar-refractivity contribution in [2.45, 2.75) is 32.1 Å². The van der Waals surface area contributed by atoms with Gasteiger partial charge in [0.2, 0.25) is 5.96 Å². The van der Waals surface area contributed by atoms with Crippen LogP contribution in [0.5, 0.6) is 0 Å². The number of ether oxygens (including phenoxy) is 1. The number of methoxy groups -OCH3 is 1. The monoisotopic (exact) mass is 268 g/mol.